The summed E-state index contributed by atoms with van der Waals surface area (Å²) < 4.78 is 29.5. The predicted molar refractivity (Wildman–Crippen MR) is 71.5 cm³/mol. The first-order valence-corrected chi connectivity index (χ1v) is 8.39. The van der Waals surface area contributed by atoms with Gasteiger partial charge in [0.2, 0.25) is 0 Å². The van der Waals surface area contributed by atoms with Crippen molar-refractivity contribution in [3.63, 3.8) is 0 Å². The maximum absolute atomic E-state index is 12.1. The Hall–Kier alpha value is -0.950. The number of hydrogen-bond donors (Lipinski definition) is 1. The Kier molecular flexibility index (Phi) is 4.57. The van der Waals surface area contributed by atoms with E-state index in [1.54, 1.807) is 13.8 Å². The highest BCUT2D eigenvalue weighted by molar-refractivity contribution is 7.91. The molecule has 0 aromatic carbocycles. The number of hydrogen-bond acceptors (Lipinski definition) is 5. The van der Waals surface area contributed by atoms with E-state index in [4.69, 9.17) is 4.74 Å². The van der Waals surface area contributed by atoms with Crippen molar-refractivity contribution in [2.45, 2.75) is 38.4 Å². The molecule has 19 heavy (non-hydrogen) atoms. The quantitative estimate of drug-likeness (QED) is 0.731. The van der Waals surface area contributed by atoms with Crippen molar-refractivity contribution in [1.82, 2.24) is 15.2 Å². The molecular weight excluding hydrogens is 266 g/mol. The minimum absolute atomic E-state index is 0.0203. The molecule has 1 heterocycles. The van der Waals surface area contributed by atoms with Crippen LogP contribution in [0, 0.1) is 12.8 Å². The molecule has 1 fully saturated rings. The second kappa shape index (κ2) is 6.00. The Balaban J connectivity index is 1.76. The molecule has 2 rings (SSSR count). The smallest absolute Gasteiger partial charge is 0.168 e. The third kappa shape index (κ3) is 4.28. The molecule has 1 N–H and O–H groups in total. The van der Waals surface area contributed by atoms with Gasteiger partial charge in [0.25, 0.3) is 0 Å². The molecule has 0 saturated heterocycles. The zero-order valence-corrected chi connectivity index (χ0v) is 12.2. The molecule has 1 aliphatic rings. The van der Waals surface area contributed by atoms with E-state index in [2.05, 4.69) is 15.2 Å². The van der Waals surface area contributed by atoms with Crippen LogP contribution in [0.15, 0.2) is 0 Å². The van der Waals surface area contributed by atoms with E-state index in [1.165, 1.54) is 12.8 Å². The lowest BCUT2D eigenvalue weighted by Crippen LogP contribution is -2.19. The van der Waals surface area contributed by atoms with Gasteiger partial charge in [-0.2, -0.15) is 5.10 Å². The van der Waals surface area contributed by atoms with Crippen LogP contribution in [0.25, 0.3) is 0 Å². The summed E-state index contributed by atoms with van der Waals surface area (Å²) in [4.78, 5) is 4.07. The topological polar surface area (TPSA) is 84.9 Å². The first-order chi connectivity index (χ1) is 8.99. The fourth-order valence-corrected chi connectivity index (χ4v) is 2.94. The summed E-state index contributed by atoms with van der Waals surface area (Å²) in [5, 5.41) is 5.87. The third-order valence-electron chi connectivity index (χ3n) is 3.40. The molecule has 1 atom stereocenters. The standard InChI is InChI=1S/C12H21N3O3S/c1-9(12-13-10(2)14-15-12)19(16,17)8-7-18-6-5-11-3-4-11/h9,11H,3-8H2,1-2H3,(H,13,14,15). The number of aromatic nitrogens is 3. The Labute approximate surface area is 113 Å². The summed E-state index contributed by atoms with van der Waals surface area (Å²) >= 11 is 0. The monoisotopic (exact) mass is 287 g/mol. The van der Waals surface area contributed by atoms with Gasteiger partial charge in [-0.3, -0.25) is 5.10 Å². The molecule has 0 aliphatic heterocycles. The van der Waals surface area contributed by atoms with Crippen LogP contribution in [0.5, 0.6) is 0 Å². The molecule has 1 unspecified atom stereocenters. The maximum Gasteiger partial charge on any atom is 0.168 e. The molecule has 1 aromatic heterocycles. The van der Waals surface area contributed by atoms with Crippen molar-refractivity contribution < 1.29 is 13.2 Å². The molecular formula is C12H21N3O3S. The van der Waals surface area contributed by atoms with Crippen LogP contribution < -0.4 is 0 Å². The second-order valence-electron chi connectivity index (χ2n) is 5.13. The number of aromatic amines is 1. The van der Waals surface area contributed by atoms with Gasteiger partial charge in [-0.1, -0.05) is 12.8 Å². The maximum atomic E-state index is 12.1. The normalized spacial score (nSPS) is 17.6. The van der Waals surface area contributed by atoms with Crippen LogP contribution in [0.2, 0.25) is 0 Å². The first kappa shape index (κ1) is 14.5. The molecule has 108 valence electrons. The van der Waals surface area contributed by atoms with Gasteiger partial charge in [0, 0.05) is 6.61 Å². The predicted octanol–water partition coefficient (Wildman–Crippen LogP) is 1.41. The summed E-state index contributed by atoms with van der Waals surface area (Å²) in [5.74, 6) is 1.78. The molecule has 0 radical (unpaired) electrons. The van der Waals surface area contributed by atoms with Crippen molar-refractivity contribution in [2.75, 3.05) is 19.0 Å². The lowest BCUT2D eigenvalue weighted by atomic mass is 10.3. The van der Waals surface area contributed by atoms with Gasteiger partial charge in [-0.15, -0.1) is 0 Å². The first-order valence-electron chi connectivity index (χ1n) is 6.67. The minimum Gasteiger partial charge on any atom is -0.380 e. The SMILES string of the molecule is Cc1nc(C(C)S(=O)(=O)CCOCCC2CC2)n[nH]1. The number of nitrogens with zero attached hydrogens (tertiary/aromatic N) is 2. The molecule has 1 saturated carbocycles. The number of ether oxygens (including phenoxy) is 1. The van der Waals surface area contributed by atoms with Crippen molar-refractivity contribution in [3.05, 3.63) is 11.6 Å². The van der Waals surface area contributed by atoms with E-state index in [0.717, 1.165) is 12.3 Å². The largest absolute Gasteiger partial charge is 0.380 e. The average Bonchev–Trinajstić information content (AvgIpc) is 3.08. The average molecular weight is 287 g/mol. The summed E-state index contributed by atoms with van der Waals surface area (Å²) in [6.45, 7) is 4.27. The number of nitrogens with one attached hydrogen (secondary N) is 1. The lowest BCUT2D eigenvalue weighted by Gasteiger charge is -2.09. The zero-order chi connectivity index (χ0) is 13.9. The number of rotatable bonds is 8. The van der Waals surface area contributed by atoms with E-state index in [0.29, 0.717) is 18.3 Å². The third-order valence-corrected chi connectivity index (χ3v) is 5.42. The number of aryl methyl sites for hydroxylation is 1. The molecule has 7 heteroatoms. The molecule has 6 nitrogen and oxygen atoms in total. The summed E-state index contributed by atoms with van der Waals surface area (Å²) in [6.07, 6.45) is 3.64. The second-order valence-corrected chi connectivity index (χ2v) is 7.57. The lowest BCUT2D eigenvalue weighted by molar-refractivity contribution is 0.142. The van der Waals surface area contributed by atoms with Gasteiger partial charge in [0.05, 0.1) is 12.4 Å². The highest BCUT2D eigenvalue weighted by atomic mass is 32.2. The Morgan fingerprint density at radius 2 is 2.16 bits per heavy atom. The van der Waals surface area contributed by atoms with E-state index >= 15 is 0 Å². The Morgan fingerprint density at radius 1 is 1.42 bits per heavy atom. The van der Waals surface area contributed by atoms with E-state index in [9.17, 15) is 8.42 Å². The van der Waals surface area contributed by atoms with E-state index < -0.39 is 15.1 Å². The number of H-pyrrole nitrogens is 1. The summed E-state index contributed by atoms with van der Waals surface area (Å²) in [5.41, 5.74) is 0. The molecule has 0 spiro atoms. The highest BCUT2D eigenvalue weighted by Gasteiger charge is 2.26. The summed E-state index contributed by atoms with van der Waals surface area (Å²) in [6, 6.07) is 0. The van der Waals surface area contributed by atoms with Crippen molar-refractivity contribution >= 4 is 9.84 Å². The molecule has 0 amide bonds. The fraction of sp³-hybridized carbons (Fsp3) is 0.833. The van der Waals surface area contributed by atoms with Gasteiger partial charge in [0.1, 0.15) is 11.1 Å². The highest BCUT2D eigenvalue weighted by Crippen LogP contribution is 2.32. The number of sulfone groups is 1. The molecule has 1 aliphatic carbocycles. The van der Waals surface area contributed by atoms with Crippen LogP contribution in [0.3, 0.4) is 0 Å². The van der Waals surface area contributed by atoms with E-state index in [-0.39, 0.29) is 12.4 Å². The zero-order valence-electron chi connectivity index (χ0n) is 11.4. The van der Waals surface area contributed by atoms with Crippen LogP contribution in [-0.4, -0.2) is 42.6 Å². The molecule has 1 aromatic rings. The Bertz CT molecular complexity index is 508. The van der Waals surface area contributed by atoms with Crippen LogP contribution in [-0.2, 0) is 14.6 Å². The van der Waals surface area contributed by atoms with E-state index in [1.807, 2.05) is 0 Å². The minimum atomic E-state index is -3.26. The van der Waals surface area contributed by atoms with Gasteiger partial charge < -0.3 is 4.74 Å². The van der Waals surface area contributed by atoms with Gasteiger partial charge in [-0.25, -0.2) is 13.4 Å². The molecule has 0 bridgehead atoms. The van der Waals surface area contributed by atoms with Crippen molar-refractivity contribution in [3.8, 4) is 0 Å². The van der Waals surface area contributed by atoms with Gasteiger partial charge in [0.15, 0.2) is 15.7 Å². The van der Waals surface area contributed by atoms with Crippen molar-refractivity contribution in [2.24, 2.45) is 5.92 Å². The Morgan fingerprint density at radius 3 is 2.74 bits per heavy atom. The van der Waals surface area contributed by atoms with Crippen LogP contribution >= 0.6 is 0 Å². The van der Waals surface area contributed by atoms with Crippen LogP contribution in [0.4, 0.5) is 0 Å². The van der Waals surface area contributed by atoms with Gasteiger partial charge >= 0.3 is 0 Å². The summed E-state index contributed by atoms with van der Waals surface area (Å²) in [7, 11) is -3.26. The van der Waals surface area contributed by atoms with Gasteiger partial charge in [-0.05, 0) is 26.2 Å². The van der Waals surface area contributed by atoms with Crippen LogP contribution in [0.1, 0.15) is 43.1 Å². The van der Waals surface area contributed by atoms with Crippen molar-refractivity contribution in [1.29, 1.82) is 0 Å². The fourth-order valence-electron chi connectivity index (χ4n) is 1.81.